The monoisotopic (exact) mass is 477 g/mol. The van der Waals surface area contributed by atoms with E-state index in [-0.39, 0.29) is 24.4 Å². The van der Waals surface area contributed by atoms with Crippen LogP contribution in [0.5, 0.6) is 0 Å². The molecule has 1 aliphatic heterocycles. The molecule has 0 aliphatic carbocycles. The van der Waals surface area contributed by atoms with Crippen molar-refractivity contribution < 1.29 is 9.53 Å². The fourth-order valence-electron chi connectivity index (χ4n) is 3.95. The maximum Gasteiger partial charge on any atom is 0.280 e. The number of halogens is 1. The van der Waals surface area contributed by atoms with E-state index in [0.717, 1.165) is 60.3 Å². The van der Waals surface area contributed by atoms with Crippen molar-refractivity contribution in [2.45, 2.75) is 40.2 Å². The van der Waals surface area contributed by atoms with Gasteiger partial charge in [0.2, 0.25) is 0 Å². The van der Waals surface area contributed by atoms with E-state index < -0.39 is 0 Å². The largest absolute Gasteiger partial charge is 0.379 e. The van der Waals surface area contributed by atoms with E-state index in [1.165, 1.54) is 5.56 Å². The van der Waals surface area contributed by atoms with Crippen LogP contribution in [-0.4, -0.2) is 65.0 Å². The number of carbonyl (C=O) groups is 1. The minimum atomic E-state index is -0.0831. The van der Waals surface area contributed by atoms with Crippen LogP contribution < -0.4 is 4.90 Å². The Balaban J connectivity index is 0.00000289. The van der Waals surface area contributed by atoms with Crippen molar-refractivity contribution in [2.75, 3.05) is 44.3 Å². The lowest BCUT2D eigenvalue weighted by molar-refractivity contribution is 0.0376. The number of morpholine rings is 1. The summed E-state index contributed by atoms with van der Waals surface area (Å²) >= 11 is 1.57. The summed E-state index contributed by atoms with van der Waals surface area (Å²) in [5.74, 6) is -0.0831. The first-order valence-electron chi connectivity index (χ1n) is 11.0. The number of rotatable bonds is 7. The molecule has 1 amide bonds. The highest BCUT2D eigenvalue weighted by molar-refractivity contribution is 7.22. The lowest BCUT2D eigenvalue weighted by Gasteiger charge is -2.27. The third-order valence-electron chi connectivity index (χ3n) is 5.60. The summed E-state index contributed by atoms with van der Waals surface area (Å²) < 4.78 is 8.45. The Morgan fingerprint density at radius 3 is 2.66 bits per heavy atom. The average Bonchev–Trinajstić information content (AvgIpc) is 3.34. The number of carbonyl (C=O) groups excluding carboxylic acids is 1. The third-order valence-corrected chi connectivity index (χ3v) is 6.64. The first-order chi connectivity index (χ1) is 14.9. The molecule has 3 heterocycles. The molecule has 0 unspecified atom stereocenters. The maximum absolute atomic E-state index is 13.5. The molecule has 0 N–H and O–H groups in total. The van der Waals surface area contributed by atoms with E-state index in [4.69, 9.17) is 9.72 Å². The summed E-state index contributed by atoms with van der Waals surface area (Å²) in [6.45, 7) is 13.2. The minimum Gasteiger partial charge on any atom is -0.379 e. The van der Waals surface area contributed by atoms with Crippen LogP contribution >= 0.6 is 23.7 Å². The van der Waals surface area contributed by atoms with Crippen LogP contribution in [0.15, 0.2) is 24.3 Å². The summed E-state index contributed by atoms with van der Waals surface area (Å²) in [5, 5.41) is 5.34. The van der Waals surface area contributed by atoms with Gasteiger partial charge in [-0.15, -0.1) is 12.4 Å². The van der Waals surface area contributed by atoms with Gasteiger partial charge >= 0.3 is 0 Å². The summed E-state index contributed by atoms with van der Waals surface area (Å²) in [6.07, 6.45) is 0.880. The number of aromatic nitrogens is 3. The summed E-state index contributed by atoms with van der Waals surface area (Å²) in [6, 6.07) is 8.31. The fourth-order valence-corrected chi connectivity index (χ4v) is 5.04. The van der Waals surface area contributed by atoms with Gasteiger partial charge in [0.05, 0.1) is 23.4 Å². The Kier molecular flexibility index (Phi) is 8.27. The van der Waals surface area contributed by atoms with Gasteiger partial charge in [0.25, 0.3) is 5.91 Å². The highest BCUT2D eigenvalue weighted by Gasteiger charge is 2.25. The van der Waals surface area contributed by atoms with Crippen LogP contribution in [0.3, 0.4) is 0 Å². The maximum atomic E-state index is 13.5. The van der Waals surface area contributed by atoms with Crippen molar-refractivity contribution in [1.82, 2.24) is 19.7 Å². The lowest BCUT2D eigenvalue weighted by atomic mass is 10.2. The molecule has 0 bridgehead atoms. The highest BCUT2D eigenvalue weighted by Crippen LogP contribution is 2.30. The van der Waals surface area contributed by atoms with Gasteiger partial charge in [0.15, 0.2) is 10.8 Å². The van der Waals surface area contributed by atoms with Crippen LogP contribution in [0.1, 0.15) is 48.1 Å². The zero-order valence-electron chi connectivity index (χ0n) is 19.2. The number of hydrogen-bond donors (Lipinski definition) is 0. The Hall–Kier alpha value is -2.00. The molecule has 1 aromatic carbocycles. The third kappa shape index (κ3) is 5.49. The van der Waals surface area contributed by atoms with Gasteiger partial charge in [0, 0.05) is 37.9 Å². The zero-order valence-corrected chi connectivity index (χ0v) is 20.8. The number of hydrogen-bond acceptors (Lipinski definition) is 6. The minimum absolute atomic E-state index is 0. The van der Waals surface area contributed by atoms with E-state index in [0.29, 0.717) is 12.2 Å². The predicted molar refractivity (Wildman–Crippen MR) is 133 cm³/mol. The van der Waals surface area contributed by atoms with Gasteiger partial charge in [-0.3, -0.25) is 19.3 Å². The molecule has 0 atom stereocenters. The number of amides is 1. The molecular formula is C23H32ClN5O2S. The molecule has 2 aromatic heterocycles. The molecule has 0 spiro atoms. The molecule has 174 valence electrons. The van der Waals surface area contributed by atoms with Crippen molar-refractivity contribution in [3.8, 4) is 0 Å². The van der Waals surface area contributed by atoms with E-state index >= 15 is 0 Å². The molecule has 9 heteroatoms. The molecular weight excluding hydrogens is 446 g/mol. The van der Waals surface area contributed by atoms with Crippen LogP contribution in [0.4, 0.5) is 5.13 Å². The molecule has 4 rings (SSSR count). The smallest absolute Gasteiger partial charge is 0.280 e. The second-order valence-corrected chi connectivity index (χ2v) is 9.45. The van der Waals surface area contributed by atoms with Crippen molar-refractivity contribution in [1.29, 1.82) is 0 Å². The van der Waals surface area contributed by atoms with E-state index in [2.05, 4.69) is 42.9 Å². The van der Waals surface area contributed by atoms with Gasteiger partial charge in [-0.1, -0.05) is 17.4 Å². The Labute approximate surface area is 199 Å². The fraction of sp³-hybridized carbons (Fsp3) is 0.522. The van der Waals surface area contributed by atoms with Crippen molar-refractivity contribution in [3.05, 3.63) is 41.2 Å². The SMILES string of the molecule is Cc1ccc2nc(N(CCCN3CCOCC3)C(=O)c3cc(C)n(C(C)C)n3)sc2c1.Cl. The molecule has 7 nitrogen and oxygen atoms in total. The van der Waals surface area contributed by atoms with Gasteiger partial charge in [-0.25, -0.2) is 4.98 Å². The number of anilines is 1. The quantitative estimate of drug-likeness (QED) is 0.502. The average molecular weight is 478 g/mol. The van der Waals surface area contributed by atoms with Gasteiger partial charge in [-0.05, 0) is 57.9 Å². The van der Waals surface area contributed by atoms with Crippen LogP contribution in [-0.2, 0) is 4.74 Å². The number of aryl methyl sites for hydroxylation is 2. The van der Waals surface area contributed by atoms with Gasteiger partial charge in [0.1, 0.15) is 0 Å². The Morgan fingerprint density at radius 1 is 1.22 bits per heavy atom. The van der Waals surface area contributed by atoms with Crippen molar-refractivity contribution in [3.63, 3.8) is 0 Å². The van der Waals surface area contributed by atoms with Crippen LogP contribution in [0.2, 0.25) is 0 Å². The first kappa shape index (κ1) is 24.6. The van der Waals surface area contributed by atoms with E-state index in [1.807, 2.05) is 28.6 Å². The molecule has 3 aromatic rings. The number of thiazole rings is 1. The van der Waals surface area contributed by atoms with Crippen LogP contribution in [0.25, 0.3) is 10.2 Å². The molecule has 0 radical (unpaired) electrons. The zero-order chi connectivity index (χ0) is 22.0. The number of fused-ring (bicyclic) bond motifs is 1. The van der Waals surface area contributed by atoms with Crippen molar-refractivity contribution in [2.24, 2.45) is 0 Å². The van der Waals surface area contributed by atoms with E-state index in [9.17, 15) is 4.79 Å². The number of ether oxygens (including phenoxy) is 1. The molecule has 1 aliphatic rings. The Morgan fingerprint density at radius 2 is 1.97 bits per heavy atom. The second-order valence-electron chi connectivity index (χ2n) is 8.44. The second kappa shape index (κ2) is 10.7. The number of nitrogens with zero attached hydrogens (tertiary/aromatic N) is 5. The standard InChI is InChI=1S/C23H31N5O2S.ClH/c1-16(2)28-18(4)15-20(25-28)22(29)27(9-5-8-26-10-12-30-13-11-26)23-24-19-7-6-17(3)14-21(19)31-23;/h6-7,14-16H,5,8-13H2,1-4H3;1H. The topological polar surface area (TPSA) is 63.5 Å². The molecule has 0 saturated carbocycles. The summed E-state index contributed by atoms with van der Waals surface area (Å²) in [7, 11) is 0. The van der Waals surface area contributed by atoms with Gasteiger partial charge < -0.3 is 4.74 Å². The Bertz CT molecular complexity index is 1060. The van der Waals surface area contributed by atoms with Crippen LogP contribution in [0, 0.1) is 13.8 Å². The summed E-state index contributed by atoms with van der Waals surface area (Å²) in [4.78, 5) is 22.5. The van der Waals surface area contributed by atoms with Crippen molar-refractivity contribution >= 4 is 45.0 Å². The predicted octanol–water partition coefficient (Wildman–Crippen LogP) is 4.48. The molecule has 1 saturated heterocycles. The number of benzene rings is 1. The molecule has 32 heavy (non-hydrogen) atoms. The first-order valence-corrected chi connectivity index (χ1v) is 11.8. The van der Waals surface area contributed by atoms with E-state index in [1.54, 1.807) is 11.3 Å². The lowest BCUT2D eigenvalue weighted by Crippen LogP contribution is -2.39. The normalized spacial score (nSPS) is 14.7. The van der Waals surface area contributed by atoms with Gasteiger partial charge in [-0.2, -0.15) is 5.10 Å². The summed E-state index contributed by atoms with van der Waals surface area (Å²) in [5.41, 5.74) is 3.60. The highest BCUT2D eigenvalue weighted by atomic mass is 35.5. The molecule has 1 fully saturated rings.